The van der Waals surface area contributed by atoms with Crippen LogP contribution in [-0.2, 0) is 12.8 Å². The molecular formula is C14H13N3O4. The molecule has 0 saturated heterocycles. The minimum absolute atomic E-state index is 0.0579. The van der Waals surface area contributed by atoms with Gasteiger partial charge in [-0.25, -0.2) is 9.78 Å². The van der Waals surface area contributed by atoms with Gasteiger partial charge in [0.2, 0.25) is 0 Å². The Hall–Kier alpha value is -2.70. The lowest BCUT2D eigenvalue weighted by molar-refractivity contribution is 0.0696. The van der Waals surface area contributed by atoms with Crippen molar-refractivity contribution in [3.05, 3.63) is 40.9 Å². The second-order valence-corrected chi connectivity index (χ2v) is 4.83. The first kappa shape index (κ1) is 13.3. The molecule has 1 aliphatic carbocycles. The Labute approximate surface area is 120 Å². The Morgan fingerprint density at radius 2 is 2.10 bits per heavy atom. The molecule has 1 aliphatic rings. The number of carbonyl (C=O) groups is 2. The smallest absolute Gasteiger partial charge is 0.335 e. The number of hydrogen-bond donors (Lipinski definition) is 2. The van der Waals surface area contributed by atoms with Gasteiger partial charge in [-0.2, -0.15) is 0 Å². The number of pyridine rings is 1. The average molecular weight is 287 g/mol. The zero-order valence-corrected chi connectivity index (χ0v) is 11.1. The molecule has 3 rings (SSSR count). The van der Waals surface area contributed by atoms with Crippen molar-refractivity contribution in [2.75, 3.05) is 5.32 Å². The summed E-state index contributed by atoms with van der Waals surface area (Å²) in [4.78, 5) is 27.0. The van der Waals surface area contributed by atoms with E-state index in [-0.39, 0.29) is 17.1 Å². The minimum atomic E-state index is -1.08. The van der Waals surface area contributed by atoms with Gasteiger partial charge in [0.25, 0.3) is 5.91 Å². The van der Waals surface area contributed by atoms with Crippen molar-refractivity contribution in [1.82, 2.24) is 10.1 Å². The highest BCUT2D eigenvalue weighted by atomic mass is 16.5. The fourth-order valence-electron chi connectivity index (χ4n) is 2.37. The SMILES string of the molecule is O=C(O)c1ccnc(NC(=O)c2noc3c2CCCC3)c1. The minimum Gasteiger partial charge on any atom is -0.478 e. The number of aryl methyl sites for hydroxylation is 1. The molecule has 0 bridgehead atoms. The predicted octanol–water partition coefficient (Wildman–Crippen LogP) is 1.90. The van der Waals surface area contributed by atoms with Gasteiger partial charge in [-0.05, 0) is 31.4 Å². The zero-order chi connectivity index (χ0) is 14.8. The summed E-state index contributed by atoms with van der Waals surface area (Å²) in [5, 5.41) is 15.3. The maximum absolute atomic E-state index is 12.2. The Morgan fingerprint density at radius 1 is 1.29 bits per heavy atom. The van der Waals surface area contributed by atoms with Crippen LogP contribution in [-0.4, -0.2) is 27.1 Å². The van der Waals surface area contributed by atoms with E-state index in [1.165, 1.54) is 18.3 Å². The van der Waals surface area contributed by atoms with Crippen molar-refractivity contribution in [2.24, 2.45) is 0 Å². The summed E-state index contributed by atoms with van der Waals surface area (Å²) in [6.45, 7) is 0. The third kappa shape index (κ3) is 2.62. The van der Waals surface area contributed by atoms with Crippen molar-refractivity contribution in [3.63, 3.8) is 0 Å². The van der Waals surface area contributed by atoms with Gasteiger partial charge in [0.05, 0.1) is 5.56 Å². The van der Waals surface area contributed by atoms with Crippen molar-refractivity contribution in [2.45, 2.75) is 25.7 Å². The van der Waals surface area contributed by atoms with Gasteiger partial charge in [-0.15, -0.1) is 0 Å². The van der Waals surface area contributed by atoms with Gasteiger partial charge < -0.3 is 14.9 Å². The van der Waals surface area contributed by atoms with Gasteiger partial charge in [0, 0.05) is 18.2 Å². The van der Waals surface area contributed by atoms with Gasteiger partial charge in [-0.1, -0.05) is 5.16 Å². The molecule has 0 unspecified atom stereocenters. The lowest BCUT2D eigenvalue weighted by Crippen LogP contribution is -2.16. The summed E-state index contributed by atoms with van der Waals surface area (Å²) < 4.78 is 5.18. The Balaban J connectivity index is 1.82. The van der Waals surface area contributed by atoms with Gasteiger partial charge in [-0.3, -0.25) is 4.79 Å². The Kier molecular flexibility index (Phi) is 3.39. The summed E-state index contributed by atoms with van der Waals surface area (Å²) in [7, 11) is 0. The molecule has 0 atom stereocenters. The van der Waals surface area contributed by atoms with Crippen LogP contribution in [0.3, 0.4) is 0 Å². The number of nitrogens with zero attached hydrogens (tertiary/aromatic N) is 2. The summed E-state index contributed by atoms with van der Waals surface area (Å²) in [6.07, 6.45) is 4.93. The molecule has 108 valence electrons. The number of fused-ring (bicyclic) bond motifs is 1. The molecule has 2 aromatic heterocycles. The number of aromatic carboxylic acids is 1. The largest absolute Gasteiger partial charge is 0.478 e. The lowest BCUT2D eigenvalue weighted by atomic mass is 9.96. The van der Waals surface area contributed by atoms with E-state index >= 15 is 0 Å². The third-order valence-corrected chi connectivity index (χ3v) is 3.41. The van der Waals surface area contributed by atoms with Gasteiger partial charge >= 0.3 is 5.97 Å². The molecule has 0 aromatic carbocycles. The maximum Gasteiger partial charge on any atom is 0.335 e. The van der Waals surface area contributed by atoms with E-state index < -0.39 is 11.9 Å². The topological polar surface area (TPSA) is 105 Å². The van der Waals surface area contributed by atoms with Crippen molar-refractivity contribution >= 4 is 17.7 Å². The zero-order valence-electron chi connectivity index (χ0n) is 11.1. The van der Waals surface area contributed by atoms with Crippen LogP contribution < -0.4 is 5.32 Å². The van der Waals surface area contributed by atoms with Crippen molar-refractivity contribution in [3.8, 4) is 0 Å². The number of amides is 1. The second kappa shape index (κ2) is 5.35. The predicted molar refractivity (Wildman–Crippen MR) is 72.3 cm³/mol. The Morgan fingerprint density at radius 3 is 2.90 bits per heavy atom. The second-order valence-electron chi connectivity index (χ2n) is 4.83. The first-order chi connectivity index (χ1) is 10.1. The maximum atomic E-state index is 12.2. The fourth-order valence-corrected chi connectivity index (χ4v) is 2.37. The van der Waals surface area contributed by atoms with E-state index in [9.17, 15) is 9.59 Å². The average Bonchev–Trinajstić information content (AvgIpc) is 2.91. The fraction of sp³-hybridized carbons (Fsp3) is 0.286. The molecule has 2 N–H and O–H groups in total. The van der Waals surface area contributed by atoms with E-state index in [4.69, 9.17) is 9.63 Å². The van der Waals surface area contributed by atoms with E-state index in [2.05, 4.69) is 15.5 Å². The summed E-state index contributed by atoms with van der Waals surface area (Å²) in [5.41, 5.74) is 1.16. The monoisotopic (exact) mass is 287 g/mol. The van der Waals surface area contributed by atoms with Crippen LogP contribution in [0.4, 0.5) is 5.82 Å². The number of carboxylic acid groups (broad SMARTS) is 1. The van der Waals surface area contributed by atoms with Crippen LogP contribution in [0.2, 0.25) is 0 Å². The van der Waals surface area contributed by atoms with E-state index in [1.807, 2.05) is 0 Å². The summed E-state index contributed by atoms with van der Waals surface area (Å²) >= 11 is 0. The highest BCUT2D eigenvalue weighted by Gasteiger charge is 2.24. The number of aromatic nitrogens is 2. The molecule has 0 spiro atoms. The van der Waals surface area contributed by atoms with Gasteiger partial charge in [0.15, 0.2) is 5.69 Å². The number of rotatable bonds is 3. The molecule has 21 heavy (non-hydrogen) atoms. The number of carbonyl (C=O) groups excluding carboxylic acids is 1. The van der Waals surface area contributed by atoms with Crippen LogP contribution >= 0.6 is 0 Å². The molecule has 7 heteroatoms. The quantitative estimate of drug-likeness (QED) is 0.893. The third-order valence-electron chi connectivity index (χ3n) is 3.41. The summed E-state index contributed by atoms with van der Waals surface area (Å²) in [6, 6.07) is 2.66. The van der Waals surface area contributed by atoms with E-state index in [1.54, 1.807) is 0 Å². The Bertz CT molecular complexity index is 708. The van der Waals surface area contributed by atoms with E-state index in [0.29, 0.717) is 0 Å². The molecule has 1 amide bonds. The molecule has 7 nitrogen and oxygen atoms in total. The highest BCUT2D eigenvalue weighted by Crippen LogP contribution is 2.24. The molecule has 0 aliphatic heterocycles. The molecule has 2 aromatic rings. The summed E-state index contributed by atoms with van der Waals surface area (Å²) in [5.74, 6) is -0.574. The van der Waals surface area contributed by atoms with Crippen LogP contribution in [0.25, 0.3) is 0 Å². The molecule has 0 fully saturated rings. The highest BCUT2D eigenvalue weighted by molar-refractivity contribution is 6.03. The van der Waals surface area contributed by atoms with Crippen LogP contribution in [0, 0.1) is 0 Å². The number of nitrogens with one attached hydrogen (secondary N) is 1. The molecule has 0 saturated carbocycles. The standard InChI is InChI=1S/C14H13N3O4/c18-13(12-9-3-1-2-4-10(9)21-17-12)16-11-7-8(14(19)20)5-6-15-11/h5-7H,1-4H2,(H,19,20)(H,15,16,18). The van der Waals surface area contributed by atoms with Crippen LogP contribution in [0.5, 0.6) is 0 Å². The van der Waals surface area contributed by atoms with E-state index in [0.717, 1.165) is 37.0 Å². The first-order valence-corrected chi connectivity index (χ1v) is 6.63. The lowest BCUT2D eigenvalue weighted by Gasteiger charge is -2.09. The van der Waals surface area contributed by atoms with Crippen LogP contribution in [0.1, 0.15) is 45.0 Å². The molecule has 2 heterocycles. The normalized spacial score (nSPS) is 13.5. The number of hydrogen-bond acceptors (Lipinski definition) is 5. The molecule has 0 radical (unpaired) electrons. The first-order valence-electron chi connectivity index (χ1n) is 6.63. The number of carboxylic acids is 1. The number of anilines is 1. The van der Waals surface area contributed by atoms with Gasteiger partial charge in [0.1, 0.15) is 11.6 Å². The van der Waals surface area contributed by atoms with Crippen molar-refractivity contribution < 1.29 is 19.2 Å². The van der Waals surface area contributed by atoms with Crippen molar-refractivity contribution in [1.29, 1.82) is 0 Å². The molecular weight excluding hydrogens is 274 g/mol. The van der Waals surface area contributed by atoms with Crippen LogP contribution in [0.15, 0.2) is 22.9 Å².